The minimum absolute atomic E-state index is 0.0761. The highest BCUT2D eigenvalue weighted by molar-refractivity contribution is 6.32. The van der Waals surface area contributed by atoms with Crippen LogP contribution in [-0.2, 0) is 16.1 Å². The van der Waals surface area contributed by atoms with Crippen molar-refractivity contribution >= 4 is 34.6 Å². The van der Waals surface area contributed by atoms with Gasteiger partial charge in [0.05, 0.1) is 36.5 Å². The molecule has 4 aliphatic rings. The largest absolute Gasteiger partial charge is 0.379 e. The van der Waals surface area contributed by atoms with Gasteiger partial charge in [0, 0.05) is 19.1 Å². The SMILES string of the molecule is C[C@H]1[C@H](Nc2cnn(CC(=O)Nc3ccccc3N3CCOCC3)c(=O)c2Cl)C[C@H]2C[C@@H]1C2(C)C. The molecule has 3 aliphatic carbocycles. The molecule has 1 aromatic heterocycles. The minimum atomic E-state index is -0.470. The number of para-hydroxylation sites is 2. The number of anilines is 3. The lowest BCUT2D eigenvalue weighted by Gasteiger charge is -2.62. The van der Waals surface area contributed by atoms with Crippen LogP contribution in [0.4, 0.5) is 17.1 Å². The predicted molar refractivity (Wildman–Crippen MR) is 138 cm³/mol. The van der Waals surface area contributed by atoms with E-state index in [2.05, 4.69) is 41.4 Å². The number of ether oxygens (including phenoxy) is 1. The zero-order chi connectivity index (χ0) is 24.7. The van der Waals surface area contributed by atoms with Gasteiger partial charge < -0.3 is 20.3 Å². The van der Waals surface area contributed by atoms with E-state index in [0.29, 0.717) is 47.8 Å². The summed E-state index contributed by atoms with van der Waals surface area (Å²) >= 11 is 6.45. The molecule has 0 unspecified atom stereocenters. The maximum Gasteiger partial charge on any atom is 0.288 e. The first kappa shape index (κ1) is 24.1. The Morgan fingerprint density at radius 3 is 2.66 bits per heavy atom. The van der Waals surface area contributed by atoms with Crippen LogP contribution in [0.15, 0.2) is 35.3 Å². The van der Waals surface area contributed by atoms with E-state index in [-0.39, 0.29) is 23.5 Å². The summed E-state index contributed by atoms with van der Waals surface area (Å²) in [7, 11) is 0. The van der Waals surface area contributed by atoms with Crippen LogP contribution in [0, 0.1) is 23.2 Å². The number of amides is 1. The Balaban J connectivity index is 1.25. The molecule has 1 amide bonds. The number of hydrogen-bond acceptors (Lipinski definition) is 6. The molecule has 188 valence electrons. The number of carbonyl (C=O) groups excluding carboxylic acids is 1. The van der Waals surface area contributed by atoms with Crippen LogP contribution in [0.2, 0.25) is 5.02 Å². The van der Waals surface area contributed by atoms with Gasteiger partial charge in [0.2, 0.25) is 5.91 Å². The van der Waals surface area contributed by atoms with E-state index >= 15 is 0 Å². The molecule has 9 heteroatoms. The summed E-state index contributed by atoms with van der Waals surface area (Å²) in [6.07, 6.45) is 3.91. The Morgan fingerprint density at radius 1 is 1.20 bits per heavy atom. The third kappa shape index (κ3) is 4.54. The smallest absolute Gasteiger partial charge is 0.288 e. The maximum absolute atomic E-state index is 12.9. The molecule has 4 atom stereocenters. The number of fused-ring (bicyclic) bond motifs is 2. The number of benzene rings is 1. The number of carbonyl (C=O) groups is 1. The molecule has 2 bridgehead atoms. The van der Waals surface area contributed by atoms with E-state index in [1.165, 1.54) is 6.42 Å². The highest BCUT2D eigenvalue weighted by atomic mass is 35.5. The van der Waals surface area contributed by atoms with E-state index in [1.807, 2.05) is 24.3 Å². The summed E-state index contributed by atoms with van der Waals surface area (Å²) in [6, 6.07) is 7.91. The third-order valence-corrected chi connectivity index (χ3v) is 8.87. The summed E-state index contributed by atoms with van der Waals surface area (Å²) in [4.78, 5) is 27.9. The fourth-order valence-electron chi connectivity index (χ4n) is 6.20. The van der Waals surface area contributed by atoms with E-state index in [9.17, 15) is 9.59 Å². The summed E-state index contributed by atoms with van der Waals surface area (Å²) < 4.78 is 6.55. The maximum atomic E-state index is 12.9. The van der Waals surface area contributed by atoms with E-state index in [0.717, 1.165) is 29.9 Å². The van der Waals surface area contributed by atoms with Crippen LogP contribution in [0.25, 0.3) is 0 Å². The number of halogens is 1. The van der Waals surface area contributed by atoms with Crippen molar-refractivity contribution in [3.63, 3.8) is 0 Å². The Hall–Kier alpha value is -2.58. The zero-order valence-corrected chi connectivity index (χ0v) is 21.3. The normalized spacial score (nSPS) is 27.1. The molecule has 35 heavy (non-hydrogen) atoms. The molecule has 3 saturated carbocycles. The summed E-state index contributed by atoms with van der Waals surface area (Å²) in [5.41, 5.74) is 2.09. The van der Waals surface area contributed by atoms with E-state index in [1.54, 1.807) is 6.20 Å². The topological polar surface area (TPSA) is 88.5 Å². The number of nitrogens with one attached hydrogen (secondary N) is 2. The zero-order valence-electron chi connectivity index (χ0n) is 20.6. The third-order valence-electron chi connectivity index (χ3n) is 8.50. The molecule has 2 heterocycles. The van der Waals surface area contributed by atoms with Gasteiger partial charge in [-0.05, 0) is 48.1 Å². The number of hydrogen-bond donors (Lipinski definition) is 2. The molecular formula is C26H34ClN5O3. The molecular weight excluding hydrogens is 466 g/mol. The highest BCUT2D eigenvalue weighted by Crippen LogP contribution is 2.61. The van der Waals surface area contributed by atoms with Crippen molar-refractivity contribution in [3.8, 4) is 0 Å². The van der Waals surface area contributed by atoms with Crippen LogP contribution in [0.1, 0.15) is 33.6 Å². The second-order valence-electron chi connectivity index (χ2n) is 10.7. The molecule has 6 rings (SSSR count). The van der Waals surface area contributed by atoms with Gasteiger partial charge in [0.15, 0.2) is 0 Å². The van der Waals surface area contributed by atoms with Gasteiger partial charge in [0.1, 0.15) is 11.6 Å². The lowest BCUT2D eigenvalue weighted by molar-refractivity contribution is -0.117. The van der Waals surface area contributed by atoms with Gasteiger partial charge in [-0.25, -0.2) is 4.68 Å². The van der Waals surface area contributed by atoms with Gasteiger partial charge in [-0.2, -0.15) is 5.10 Å². The first-order valence-electron chi connectivity index (χ1n) is 12.5. The van der Waals surface area contributed by atoms with Gasteiger partial charge in [-0.15, -0.1) is 0 Å². The van der Waals surface area contributed by atoms with Crippen LogP contribution in [0.5, 0.6) is 0 Å². The monoisotopic (exact) mass is 499 g/mol. The molecule has 4 fully saturated rings. The number of aromatic nitrogens is 2. The summed E-state index contributed by atoms with van der Waals surface area (Å²) in [5.74, 6) is 1.53. The molecule has 2 aromatic rings. The second-order valence-corrected chi connectivity index (χ2v) is 11.1. The van der Waals surface area contributed by atoms with Gasteiger partial charge in [-0.1, -0.05) is 44.5 Å². The second kappa shape index (κ2) is 9.47. The highest BCUT2D eigenvalue weighted by Gasteiger charge is 2.56. The lowest BCUT2D eigenvalue weighted by Crippen LogP contribution is -2.58. The average molecular weight is 500 g/mol. The minimum Gasteiger partial charge on any atom is -0.379 e. The van der Waals surface area contributed by atoms with Crippen LogP contribution >= 0.6 is 11.6 Å². The quantitative estimate of drug-likeness (QED) is 0.627. The van der Waals surface area contributed by atoms with E-state index < -0.39 is 5.56 Å². The van der Waals surface area contributed by atoms with Gasteiger partial charge in [-0.3, -0.25) is 9.59 Å². The lowest BCUT2D eigenvalue weighted by atomic mass is 9.45. The van der Waals surface area contributed by atoms with Crippen molar-refractivity contribution in [2.24, 2.45) is 23.2 Å². The first-order chi connectivity index (χ1) is 16.8. The molecule has 0 spiro atoms. The number of nitrogens with zero attached hydrogens (tertiary/aromatic N) is 3. The van der Waals surface area contributed by atoms with Crippen LogP contribution < -0.4 is 21.1 Å². The van der Waals surface area contributed by atoms with Crippen molar-refractivity contribution in [1.29, 1.82) is 0 Å². The fourth-order valence-corrected chi connectivity index (χ4v) is 6.40. The van der Waals surface area contributed by atoms with Crippen molar-refractivity contribution in [1.82, 2.24) is 9.78 Å². The Kier molecular flexibility index (Phi) is 6.53. The van der Waals surface area contributed by atoms with Crippen LogP contribution in [0.3, 0.4) is 0 Å². The fraction of sp³-hybridized carbons (Fsp3) is 0.577. The number of morpholine rings is 1. The molecule has 2 N–H and O–H groups in total. The average Bonchev–Trinajstić information content (AvgIpc) is 2.85. The summed E-state index contributed by atoms with van der Waals surface area (Å²) in [6.45, 7) is 9.61. The van der Waals surface area contributed by atoms with Crippen molar-refractivity contribution in [2.75, 3.05) is 41.8 Å². The molecule has 0 radical (unpaired) electrons. The predicted octanol–water partition coefficient (Wildman–Crippen LogP) is 3.85. The Morgan fingerprint density at radius 2 is 1.94 bits per heavy atom. The number of rotatable bonds is 6. The van der Waals surface area contributed by atoms with Gasteiger partial charge in [0.25, 0.3) is 5.56 Å². The molecule has 1 aliphatic heterocycles. The Bertz CT molecular complexity index is 1160. The van der Waals surface area contributed by atoms with Crippen LogP contribution in [-0.4, -0.2) is 48.0 Å². The molecule has 1 aromatic carbocycles. The van der Waals surface area contributed by atoms with Crippen molar-refractivity contribution in [2.45, 2.75) is 46.2 Å². The van der Waals surface area contributed by atoms with Crippen molar-refractivity contribution < 1.29 is 9.53 Å². The molecule has 1 saturated heterocycles. The standard InChI is InChI=1S/C26H34ClN5O3/c1-16-18-12-17(26(18,2)3)13-20(16)29-21-14-28-32(25(34)24(21)27)15-23(33)30-19-6-4-5-7-22(19)31-8-10-35-11-9-31/h4-7,14,16-18,20,29H,8-13,15H2,1-3H3,(H,30,33)/t16-,17-,18+,20-/m1/s1. The summed E-state index contributed by atoms with van der Waals surface area (Å²) in [5, 5.41) is 10.7. The Labute approximate surface area is 211 Å². The van der Waals surface area contributed by atoms with E-state index in [4.69, 9.17) is 16.3 Å². The molecule has 8 nitrogen and oxygen atoms in total. The van der Waals surface area contributed by atoms with Gasteiger partial charge >= 0.3 is 0 Å². The first-order valence-corrected chi connectivity index (χ1v) is 12.9. The van der Waals surface area contributed by atoms with Crippen molar-refractivity contribution in [3.05, 3.63) is 45.8 Å².